The number of rotatable bonds is 4. The van der Waals surface area contributed by atoms with E-state index in [0.29, 0.717) is 11.5 Å². The van der Waals surface area contributed by atoms with Gasteiger partial charge in [0.05, 0.1) is 5.69 Å². The molecule has 2 heterocycles. The minimum atomic E-state index is -0.281. The molecule has 0 atom stereocenters. The number of fused-ring (bicyclic) bond motifs is 1. The maximum Gasteiger partial charge on any atom is 0.170 e. The lowest BCUT2D eigenvalue weighted by Crippen LogP contribution is -2.34. The minimum Gasteiger partial charge on any atom is -0.356 e. The van der Waals surface area contributed by atoms with Crippen LogP contribution >= 0.6 is 24.8 Å². The van der Waals surface area contributed by atoms with Gasteiger partial charge in [-0.05, 0) is 57.6 Å². The van der Waals surface area contributed by atoms with Crippen LogP contribution in [0.3, 0.4) is 0 Å². The lowest BCUT2D eigenvalue weighted by atomic mass is 9.91. The van der Waals surface area contributed by atoms with Crippen LogP contribution < -0.4 is 5.73 Å². The van der Waals surface area contributed by atoms with Crippen molar-refractivity contribution in [1.82, 2.24) is 10.1 Å². The first-order valence-electron chi connectivity index (χ1n) is 7.25. The quantitative estimate of drug-likeness (QED) is 0.919. The zero-order valence-electron chi connectivity index (χ0n) is 12.3. The molecule has 1 aliphatic heterocycles. The average molecular weight is 350 g/mol. The fourth-order valence-electron chi connectivity index (χ4n) is 2.97. The first kappa shape index (κ1) is 19.2. The van der Waals surface area contributed by atoms with E-state index >= 15 is 0 Å². The smallest absolute Gasteiger partial charge is 0.170 e. The minimum absolute atomic E-state index is 0. The second-order valence-corrected chi connectivity index (χ2v) is 5.47. The molecule has 1 aliphatic rings. The summed E-state index contributed by atoms with van der Waals surface area (Å²) < 4.78 is 18.4. The van der Waals surface area contributed by atoms with E-state index in [2.05, 4.69) is 10.1 Å². The summed E-state index contributed by atoms with van der Waals surface area (Å²) in [6.45, 7) is 3.97. The third-order valence-corrected chi connectivity index (χ3v) is 4.11. The number of piperidine rings is 1. The van der Waals surface area contributed by atoms with Gasteiger partial charge in [0.1, 0.15) is 5.82 Å². The predicted octanol–water partition coefficient (Wildman–Crippen LogP) is 3.34. The van der Waals surface area contributed by atoms with E-state index in [9.17, 15) is 4.39 Å². The third-order valence-electron chi connectivity index (χ3n) is 4.11. The van der Waals surface area contributed by atoms with Crippen LogP contribution in [-0.4, -0.2) is 36.2 Å². The van der Waals surface area contributed by atoms with Gasteiger partial charge >= 0.3 is 0 Å². The van der Waals surface area contributed by atoms with Gasteiger partial charge in [-0.3, -0.25) is 0 Å². The number of benzene rings is 1. The predicted molar refractivity (Wildman–Crippen MR) is 90.5 cm³/mol. The SMILES string of the molecule is Cl.Cl.NCCCN1CCC(c2noc3cc(F)ccc23)CC1. The van der Waals surface area contributed by atoms with Gasteiger partial charge in [-0.2, -0.15) is 0 Å². The molecular formula is C15H22Cl2FN3O. The lowest BCUT2D eigenvalue weighted by molar-refractivity contribution is 0.208. The summed E-state index contributed by atoms with van der Waals surface area (Å²) in [4.78, 5) is 2.45. The van der Waals surface area contributed by atoms with Gasteiger partial charge in [-0.25, -0.2) is 4.39 Å². The van der Waals surface area contributed by atoms with Gasteiger partial charge in [0.2, 0.25) is 0 Å². The number of likely N-dealkylation sites (tertiary alicyclic amines) is 1. The van der Waals surface area contributed by atoms with Crippen LogP contribution in [0, 0.1) is 5.82 Å². The Labute approximate surface area is 142 Å². The van der Waals surface area contributed by atoms with Crippen LogP contribution in [0.2, 0.25) is 0 Å². The highest BCUT2D eigenvalue weighted by molar-refractivity contribution is 5.85. The van der Waals surface area contributed by atoms with Crippen LogP contribution in [-0.2, 0) is 0 Å². The zero-order chi connectivity index (χ0) is 13.9. The standard InChI is InChI=1S/C15H20FN3O.2ClH/c16-12-2-3-13-14(10-12)20-18-15(13)11-4-8-19(9-5-11)7-1-6-17;;/h2-3,10-11H,1,4-9,17H2;2*1H. The first-order valence-corrected chi connectivity index (χ1v) is 7.25. The third kappa shape index (κ3) is 4.10. The Bertz CT molecular complexity index is 585. The van der Waals surface area contributed by atoms with Gasteiger partial charge in [0.15, 0.2) is 5.58 Å². The highest BCUT2D eigenvalue weighted by atomic mass is 35.5. The van der Waals surface area contributed by atoms with E-state index in [-0.39, 0.29) is 30.6 Å². The molecule has 0 spiro atoms. The molecule has 3 rings (SSSR count). The van der Waals surface area contributed by atoms with Crippen molar-refractivity contribution in [1.29, 1.82) is 0 Å². The molecule has 22 heavy (non-hydrogen) atoms. The van der Waals surface area contributed by atoms with E-state index < -0.39 is 0 Å². The lowest BCUT2D eigenvalue weighted by Gasteiger charge is -2.30. The fraction of sp³-hybridized carbons (Fsp3) is 0.533. The highest BCUT2D eigenvalue weighted by Crippen LogP contribution is 2.32. The van der Waals surface area contributed by atoms with Crippen LogP contribution in [0.4, 0.5) is 4.39 Å². The van der Waals surface area contributed by atoms with Gasteiger partial charge in [-0.1, -0.05) is 5.16 Å². The molecule has 0 unspecified atom stereocenters. The van der Waals surface area contributed by atoms with Crippen LogP contribution in [0.1, 0.15) is 30.9 Å². The van der Waals surface area contributed by atoms with Crippen molar-refractivity contribution in [3.8, 4) is 0 Å². The number of nitrogens with zero attached hydrogens (tertiary/aromatic N) is 2. The molecule has 1 aromatic carbocycles. The van der Waals surface area contributed by atoms with Crippen molar-refractivity contribution in [2.24, 2.45) is 5.73 Å². The maximum absolute atomic E-state index is 13.2. The molecule has 0 saturated carbocycles. The maximum atomic E-state index is 13.2. The normalized spacial score (nSPS) is 16.3. The molecule has 0 radical (unpaired) electrons. The summed E-state index contributed by atoms with van der Waals surface area (Å²) >= 11 is 0. The molecule has 124 valence electrons. The van der Waals surface area contributed by atoms with Crippen molar-refractivity contribution < 1.29 is 8.91 Å². The molecular weight excluding hydrogens is 328 g/mol. The molecule has 0 bridgehead atoms. The van der Waals surface area contributed by atoms with Gasteiger partial charge < -0.3 is 15.2 Å². The summed E-state index contributed by atoms with van der Waals surface area (Å²) in [5.41, 5.74) is 7.08. The van der Waals surface area contributed by atoms with Crippen molar-refractivity contribution in [3.63, 3.8) is 0 Å². The van der Waals surface area contributed by atoms with E-state index in [1.807, 2.05) is 0 Å². The summed E-state index contributed by atoms with van der Waals surface area (Å²) in [5.74, 6) is 0.132. The molecule has 2 N–H and O–H groups in total. The topological polar surface area (TPSA) is 55.3 Å². The number of nitrogens with two attached hydrogens (primary N) is 1. The Kier molecular flexibility index (Phi) is 7.56. The van der Waals surface area contributed by atoms with Crippen LogP contribution in [0.15, 0.2) is 22.7 Å². The van der Waals surface area contributed by atoms with E-state index in [1.54, 1.807) is 6.07 Å². The summed E-state index contributed by atoms with van der Waals surface area (Å²) in [5, 5.41) is 5.12. The molecule has 2 aromatic rings. The highest BCUT2D eigenvalue weighted by Gasteiger charge is 2.24. The molecule has 0 aliphatic carbocycles. The number of hydrogen-bond donors (Lipinski definition) is 1. The van der Waals surface area contributed by atoms with Gasteiger partial charge in [0.25, 0.3) is 0 Å². The van der Waals surface area contributed by atoms with Gasteiger partial charge in [-0.15, -0.1) is 24.8 Å². The van der Waals surface area contributed by atoms with Gasteiger partial charge in [0, 0.05) is 17.4 Å². The van der Waals surface area contributed by atoms with Crippen LogP contribution in [0.5, 0.6) is 0 Å². The number of halogens is 3. The number of aromatic nitrogens is 1. The Morgan fingerprint density at radius 2 is 2.00 bits per heavy atom. The summed E-state index contributed by atoms with van der Waals surface area (Å²) in [7, 11) is 0. The molecule has 7 heteroatoms. The number of hydrogen-bond acceptors (Lipinski definition) is 4. The molecule has 1 fully saturated rings. The van der Waals surface area contributed by atoms with Crippen molar-refractivity contribution in [3.05, 3.63) is 29.7 Å². The summed E-state index contributed by atoms with van der Waals surface area (Å²) in [6, 6.07) is 4.65. The second kappa shape index (κ2) is 8.67. The largest absolute Gasteiger partial charge is 0.356 e. The van der Waals surface area contributed by atoms with E-state index in [0.717, 1.165) is 56.5 Å². The zero-order valence-corrected chi connectivity index (χ0v) is 14.0. The van der Waals surface area contributed by atoms with E-state index in [4.69, 9.17) is 10.3 Å². The van der Waals surface area contributed by atoms with Crippen molar-refractivity contribution in [2.45, 2.75) is 25.2 Å². The van der Waals surface area contributed by atoms with Crippen molar-refractivity contribution in [2.75, 3.05) is 26.2 Å². The molecule has 0 amide bonds. The second-order valence-electron chi connectivity index (χ2n) is 5.47. The van der Waals surface area contributed by atoms with E-state index in [1.165, 1.54) is 12.1 Å². The Morgan fingerprint density at radius 3 is 2.68 bits per heavy atom. The fourth-order valence-corrected chi connectivity index (χ4v) is 2.97. The molecule has 4 nitrogen and oxygen atoms in total. The Balaban J connectivity index is 0.00000121. The van der Waals surface area contributed by atoms with Crippen LogP contribution in [0.25, 0.3) is 11.0 Å². The monoisotopic (exact) mass is 349 g/mol. The molecule has 1 aromatic heterocycles. The summed E-state index contributed by atoms with van der Waals surface area (Å²) in [6.07, 6.45) is 3.20. The average Bonchev–Trinajstić information content (AvgIpc) is 2.88. The van der Waals surface area contributed by atoms with Crippen molar-refractivity contribution >= 4 is 35.8 Å². The first-order chi connectivity index (χ1) is 9.78. The Hall–Kier alpha value is -0.880. The Morgan fingerprint density at radius 1 is 1.27 bits per heavy atom. The molecule has 1 saturated heterocycles.